The molecule has 0 saturated carbocycles. The van der Waals surface area contributed by atoms with Gasteiger partial charge in [0, 0.05) is 18.2 Å². The summed E-state index contributed by atoms with van der Waals surface area (Å²) in [7, 11) is 0. The van der Waals surface area contributed by atoms with Crippen molar-refractivity contribution in [3.63, 3.8) is 0 Å². The van der Waals surface area contributed by atoms with E-state index in [4.69, 9.17) is 5.11 Å². The number of aromatic carboxylic acids is 1. The lowest BCUT2D eigenvalue weighted by atomic mass is 10.1. The summed E-state index contributed by atoms with van der Waals surface area (Å²) in [6.45, 7) is 2.17. The predicted octanol–water partition coefficient (Wildman–Crippen LogP) is 3.78. The molecule has 0 aliphatic rings. The van der Waals surface area contributed by atoms with E-state index in [1.54, 1.807) is 0 Å². The van der Waals surface area contributed by atoms with Crippen LogP contribution in [0.15, 0.2) is 18.2 Å². The van der Waals surface area contributed by atoms with Crippen molar-refractivity contribution >= 4 is 17.6 Å². The van der Waals surface area contributed by atoms with Crippen molar-refractivity contribution in [3.05, 3.63) is 23.8 Å². The van der Waals surface area contributed by atoms with E-state index in [9.17, 15) is 14.7 Å². The first-order valence-electron chi connectivity index (χ1n) is 7.40. The van der Waals surface area contributed by atoms with Crippen molar-refractivity contribution in [3.8, 4) is 5.75 Å². The van der Waals surface area contributed by atoms with Gasteiger partial charge in [0.2, 0.25) is 5.91 Å². The Kier molecular flexibility index (Phi) is 7.29. The Morgan fingerprint density at radius 3 is 2.38 bits per heavy atom. The summed E-state index contributed by atoms with van der Waals surface area (Å²) in [5.41, 5.74) is 0.234. The van der Waals surface area contributed by atoms with Crippen LogP contribution in [0.25, 0.3) is 0 Å². The van der Waals surface area contributed by atoms with Crippen molar-refractivity contribution in [1.29, 1.82) is 0 Å². The number of anilines is 1. The number of aromatic hydroxyl groups is 1. The first-order chi connectivity index (χ1) is 10.0. The molecule has 5 heteroatoms. The standard InChI is InChI=1S/C16H23NO4/c1-2-3-4-5-6-7-8-15(19)17-12-9-10-13(16(20)21)14(18)11-12/h9-11,18H,2-8H2,1H3,(H,17,19)(H,20,21). The van der Waals surface area contributed by atoms with Gasteiger partial charge < -0.3 is 15.5 Å². The molecule has 1 aromatic rings. The van der Waals surface area contributed by atoms with Gasteiger partial charge in [0.25, 0.3) is 0 Å². The minimum atomic E-state index is -1.20. The molecule has 0 aromatic heterocycles. The van der Waals surface area contributed by atoms with Gasteiger partial charge in [0.1, 0.15) is 11.3 Å². The number of benzene rings is 1. The lowest BCUT2D eigenvalue weighted by Gasteiger charge is -2.07. The number of carbonyl (C=O) groups excluding carboxylic acids is 1. The second kappa shape index (κ2) is 9.00. The molecule has 0 bridgehead atoms. The van der Waals surface area contributed by atoms with E-state index < -0.39 is 5.97 Å². The Morgan fingerprint density at radius 2 is 1.76 bits per heavy atom. The summed E-state index contributed by atoms with van der Waals surface area (Å²) in [6, 6.07) is 4.00. The number of amides is 1. The normalized spacial score (nSPS) is 10.3. The zero-order valence-corrected chi connectivity index (χ0v) is 12.4. The van der Waals surface area contributed by atoms with E-state index in [-0.39, 0.29) is 17.2 Å². The number of unbranched alkanes of at least 4 members (excludes halogenated alkanes) is 5. The number of rotatable bonds is 9. The Labute approximate surface area is 125 Å². The maximum atomic E-state index is 11.7. The Balaban J connectivity index is 2.34. The lowest BCUT2D eigenvalue weighted by molar-refractivity contribution is -0.116. The largest absolute Gasteiger partial charge is 0.507 e. The molecular weight excluding hydrogens is 270 g/mol. The summed E-state index contributed by atoms with van der Waals surface area (Å²) < 4.78 is 0. The third-order valence-electron chi connectivity index (χ3n) is 3.27. The van der Waals surface area contributed by atoms with Gasteiger partial charge in [0.05, 0.1) is 0 Å². The number of carboxylic acids is 1. The molecule has 0 aliphatic carbocycles. The topological polar surface area (TPSA) is 86.6 Å². The van der Waals surface area contributed by atoms with E-state index in [0.29, 0.717) is 12.1 Å². The molecule has 0 aliphatic heterocycles. The minimum absolute atomic E-state index is 0.118. The highest BCUT2D eigenvalue weighted by Gasteiger charge is 2.10. The van der Waals surface area contributed by atoms with Gasteiger partial charge in [-0.15, -0.1) is 0 Å². The summed E-state index contributed by atoms with van der Waals surface area (Å²) in [4.78, 5) is 22.5. The molecule has 0 heterocycles. The van der Waals surface area contributed by atoms with Crippen LogP contribution >= 0.6 is 0 Å². The van der Waals surface area contributed by atoms with E-state index >= 15 is 0 Å². The van der Waals surface area contributed by atoms with Crippen LogP contribution in [0.5, 0.6) is 5.75 Å². The van der Waals surface area contributed by atoms with Crippen LogP contribution in [0.3, 0.4) is 0 Å². The molecule has 0 saturated heterocycles. The second-order valence-electron chi connectivity index (χ2n) is 5.10. The average molecular weight is 293 g/mol. The molecule has 3 N–H and O–H groups in total. The fraction of sp³-hybridized carbons (Fsp3) is 0.500. The predicted molar refractivity (Wildman–Crippen MR) is 81.7 cm³/mol. The van der Waals surface area contributed by atoms with E-state index in [1.807, 2.05) is 0 Å². The summed E-state index contributed by atoms with van der Waals surface area (Å²) >= 11 is 0. The Hall–Kier alpha value is -2.04. The van der Waals surface area contributed by atoms with Gasteiger partial charge in [-0.05, 0) is 18.6 Å². The van der Waals surface area contributed by atoms with Crippen LogP contribution in [0.1, 0.15) is 62.2 Å². The molecule has 0 spiro atoms. The molecule has 5 nitrogen and oxygen atoms in total. The highest BCUT2D eigenvalue weighted by molar-refractivity contribution is 5.94. The summed E-state index contributed by atoms with van der Waals surface area (Å²) in [5.74, 6) is -1.66. The number of carboxylic acid groups (broad SMARTS) is 1. The number of hydrogen-bond donors (Lipinski definition) is 3. The van der Waals surface area contributed by atoms with E-state index in [1.165, 1.54) is 37.5 Å². The third kappa shape index (κ3) is 6.29. The smallest absolute Gasteiger partial charge is 0.339 e. The molecule has 1 amide bonds. The average Bonchev–Trinajstić information content (AvgIpc) is 2.42. The fourth-order valence-corrected chi connectivity index (χ4v) is 2.08. The van der Waals surface area contributed by atoms with Crippen LogP contribution in [-0.2, 0) is 4.79 Å². The highest BCUT2D eigenvalue weighted by Crippen LogP contribution is 2.22. The van der Waals surface area contributed by atoms with Crippen molar-refractivity contribution in [1.82, 2.24) is 0 Å². The van der Waals surface area contributed by atoms with Gasteiger partial charge in [-0.25, -0.2) is 4.79 Å². The first-order valence-corrected chi connectivity index (χ1v) is 7.40. The van der Waals surface area contributed by atoms with Crippen LogP contribution < -0.4 is 5.32 Å². The number of nitrogens with one attached hydrogen (secondary N) is 1. The van der Waals surface area contributed by atoms with E-state index in [0.717, 1.165) is 19.3 Å². The fourth-order valence-electron chi connectivity index (χ4n) is 2.08. The molecule has 0 atom stereocenters. The van der Waals surface area contributed by atoms with Gasteiger partial charge in [-0.3, -0.25) is 4.79 Å². The van der Waals surface area contributed by atoms with Gasteiger partial charge in [0.15, 0.2) is 0 Å². The van der Waals surface area contributed by atoms with Gasteiger partial charge >= 0.3 is 5.97 Å². The maximum Gasteiger partial charge on any atom is 0.339 e. The summed E-state index contributed by atoms with van der Waals surface area (Å²) in [5, 5.41) is 21.0. The van der Waals surface area contributed by atoms with Crippen molar-refractivity contribution in [2.45, 2.75) is 51.9 Å². The quantitative estimate of drug-likeness (QED) is 0.605. The SMILES string of the molecule is CCCCCCCCC(=O)Nc1ccc(C(=O)O)c(O)c1. The first kappa shape index (κ1) is 17.0. The maximum absolute atomic E-state index is 11.7. The highest BCUT2D eigenvalue weighted by atomic mass is 16.4. The second-order valence-corrected chi connectivity index (χ2v) is 5.10. The van der Waals surface area contributed by atoms with Crippen LogP contribution in [-0.4, -0.2) is 22.1 Å². The number of hydrogen-bond acceptors (Lipinski definition) is 3. The zero-order chi connectivity index (χ0) is 15.7. The summed E-state index contributed by atoms with van der Waals surface area (Å²) in [6.07, 6.45) is 7.12. The van der Waals surface area contributed by atoms with Gasteiger partial charge in [-0.1, -0.05) is 39.0 Å². The number of phenols is 1. The Bertz CT molecular complexity index is 485. The molecule has 0 unspecified atom stereocenters. The molecule has 1 aromatic carbocycles. The molecule has 0 fully saturated rings. The van der Waals surface area contributed by atoms with Crippen LogP contribution in [0, 0.1) is 0 Å². The van der Waals surface area contributed by atoms with Crippen molar-refractivity contribution in [2.75, 3.05) is 5.32 Å². The Morgan fingerprint density at radius 1 is 1.10 bits per heavy atom. The van der Waals surface area contributed by atoms with E-state index in [2.05, 4.69) is 12.2 Å². The molecule has 0 radical (unpaired) electrons. The molecular formula is C16H23NO4. The number of carbonyl (C=O) groups is 2. The monoisotopic (exact) mass is 293 g/mol. The van der Waals surface area contributed by atoms with Crippen molar-refractivity contribution in [2.24, 2.45) is 0 Å². The van der Waals surface area contributed by atoms with Crippen LogP contribution in [0.4, 0.5) is 5.69 Å². The molecule has 116 valence electrons. The zero-order valence-electron chi connectivity index (χ0n) is 12.4. The lowest BCUT2D eigenvalue weighted by Crippen LogP contribution is -2.11. The van der Waals surface area contributed by atoms with Gasteiger partial charge in [-0.2, -0.15) is 0 Å². The van der Waals surface area contributed by atoms with Crippen molar-refractivity contribution < 1.29 is 19.8 Å². The molecule has 21 heavy (non-hydrogen) atoms. The third-order valence-corrected chi connectivity index (χ3v) is 3.27. The molecule has 1 rings (SSSR count). The van der Waals surface area contributed by atoms with Crippen LogP contribution in [0.2, 0.25) is 0 Å². The minimum Gasteiger partial charge on any atom is -0.507 e.